The lowest BCUT2D eigenvalue weighted by Gasteiger charge is -2.10. The lowest BCUT2D eigenvalue weighted by atomic mass is 10.1. The molecule has 30 heavy (non-hydrogen) atoms. The van der Waals surface area contributed by atoms with Crippen LogP contribution in [0.4, 0.5) is 13.9 Å². The maximum Gasteiger partial charge on any atom is 0.387 e. The van der Waals surface area contributed by atoms with Gasteiger partial charge in [0.25, 0.3) is 0 Å². The van der Waals surface area contributed by atoms with Gasteiger partial charge >= 0.3 is 6.61 Å². The zero-order chi connectivity index (χ0) is 21.5. The topological polar surface area (TPSA) is 60.5 Å². The lowest BCUT2D eigenvalue weighted by Crippen LogP contribution is -2.07. The van der Waals surface area contributed by atoms with Crippen LogP contribution in [0.5, 0.6) is 11.5 Å². The summed E-state index contributed by atoms with van der Waals surface area (Å²) in [6.07, 6.45) is 5.26. The summed E-state index contributed by atoms with van der Waals surface area (Å²) >= 11 is 7.27. The highest BCUT2D eigenvalue weighted by molar-refractivity contribution is 7.15. The summed E-state index contributed by atoms with van der Waals surface area (Å²) in [5.74, 6) is -0.302. The Morgan fingerprint density at radius 2 is 2.00 bits per heavy atom. The van der Waals surface area contributed by atoms with Crippen LogP contribution in [0.25, 0.3) is 6.08 Å². The number of nitrogens with zero attached hydrogens (tertiary/aromatic N) is 1. The molecule has 0 aliphatic heterocycles. The number of carbonyl (C=O) groups excluding carboxylic acids is 1. The van der Waals surface area contributed by atoms with Crippen molar-refractivity contribution in [3.05, 3.63) is 75.8 Å². The van der Waals surface area contributed by atoms with Gasteiger partial charge in [-0.1, -0.05) is 29.8 Å². The zero-order valence-electron chi connectivity index (χ0n) is 15.8. The molecule has 0 aliphatic rings. The van der Waals surface area contributed by atoms with E-state index in [1.54, 1.807) is 6.20 Å². The van der Waals surface area contributed by atoms with Gasteiger partial charge < -0.3 is 9.47 Å². The van der Waals surface area contributed by atoms with Gasteiger partial charge in [0, 0.05) is 28.6 Å². The van der Waals surface area contributed by atoms with E-state index in [4.69, 9.17) is 16.3 Å². The molecule has 9 heteroatoms. The van der Waals surface area contributed by atoms with Gasteiger partial charge in [0.2, 0.25) is 5.91 Å². The second-order valence-corrected chi connectivity index (χ2v) is 7.60. The van der Waals surface area contributed by atoms with Crippen molar-refractivity contribution in [3.63, 3.8) is 0 Å². The van der Waals surface area contributed by atoms with Gasteiger partial charge in [0.15, 0.2) is 16.6 Å². The molecule has 3 aromatic rings. The molecule has 156 valence electrons. The Morgan fingerprint density at radius 1 is 1.23 bits per heavy atom. The molecule has 0 spiro atoms. The predicted octanol–water partition coefficient (Wildman–Crippen LogP) is 5.65. The van der Waals surface area contributed by atoms with Crippen LogP contribution in [-0.2, 0) is 11.2 Å². The first-order valence-corrected chi connectivity index (χ1v) is 9.93. The SMILES string of the molecule is COc1cc(/C=C/C(=O)Nc2ncc(Cc3ccc(Cl)cc3)s2)ccc1OC(F)F. The minimum Gasteiger partial charge on any atom is -0.493 e. The molecule has 1 amide bonds. The molecule has 3 rings (SSSR count). The number of ether oxygens (including phenoxy) is 2. The summed E-state index contributed by atoms with van der Waals surface area (Å²) in [4.78, 5) is 17.4. The van der Waals surface area contributed by atoms with Crippen LogP contribution in [0.1, 0.15) is 16.0 Å². The maximum absolute atomic E-state index is 12.4. The summed E-state index contributed by atoms with van der Waals surface area (Å²) in [5.41, 5.74) is 1.68. The number of methoxy groups -OCH3 is 1. The summed E-state index contributed by atoms with van der Waals surface area (Å²) in [6, 6.07) is 11.9. The molecule has 0 fully saturated rings. The van der Waals surface area contributed by atoms with Crippen LogP contribution in [0.2, 0.25) is 5.02 Å². The van der Waals surface area contributed by atoms with Crippen molar-refractivity contribution in [2.45, 2.75) is 13.0 Å². The smallest absolute Gasteiger partial charge is 0.387 e. The minimum absolute atomic E-state index is 0.0786. The first kappa shape index (κ1) is 21.7. The van der Waals surface area contributed by atoms with E-state index < -0.39 is 6.61 Å². The van der Waals surface area contributed by atoms with Crippen molar-refractivity contribution >= 4 is 40.1 Å². The molecule has 0 saturated carbocycles. The summed E-state index contributed by atoms with van der Waals surface area (Å²) in [6.45, 7) is -2.95. The highest BCUT2D eigenvalue weighted by Gasteiger charge is 2.11. The normalized spacial score (nSPS) is 11.1. The molecule has 0 aliphatic carbocycles. The van der Waals surface area contributed by atoms with Gasteiger partial charge in [0.05, 0.1) is 7.11 Å². The molecule has 0 unspecified atom stereocenters. The van der Waals surface area contributed by atoms with Crippen LogP contribution >= 0.6 is 22.9 Å². The molecule has 2 aromatic carbocycles. The van der Waals surface area contributed by atoms with Crippen LogP contribution in [0, 0.1) is 0 Å². The van der Waals surface area contributed by atoms with Crippen molar-refractivity contribution in [1.82, 2.24) is 4.98 Å². The molecular weight excluding hydrogens is 434 g/mol. The molecule has 0 radical (unpaired) electrons. The second-order valence-electron chi connectivity index (χ2n) is 6.05. The average Bonchev–Trinajstić information content (AvgIpc) is 3.15. The first-order valence-electron chi connectivity index (χ1n) is 8.74. The Labute approximate surface area is 180 Å². The van der Waals surface area contributed by atoms with Crippen LogP contribution in [0.3, 0.4) is 0 Å². The highest BCUT2D eigenvalue weighted by atomic mass is 35.5. The van der Waals surface area contributed by atoms with E-state index in [9.17, 15) is 13.6 Å². The number of anilines is 1. The predicted molar refractivity (Wildman–Crippen MR) is 114 cm³/mol. The highest BCUT2D eigenvalue weighted by Crippen LogP contribution is 2.30. The third kappa shape index (κ3) is 6.27. The van der Waals surface area contributed by atoms with Gasteiger partial charge in [-0.05, 0) is 41.5 Å². The van der Waals surface area contributed by atoms with E-state index in [-0.39, 0.29) is 17.4 Å². The van der Waals surface area contributed by atoms with E-state index in [1.165, 1.54) is 48.8 Å². The standard InChI is InChI=1S/C21H17ClF2N2O3S/c1-28-18-11-14(4-8-17(18)29-20(23)24)5-9-19(27)26-21-25-12-16(30-21)10-13-2-6-15(22)7-3-13/h2-9,11-12,20H,10H2,1H3,(H,25,26,27)/b9-5+. The Bertz CT molecular complexity index is 1040. The number of hydrogen-bond acceptors (Lipinski definition) is 5. The Morgan fingerprint density at radius 3 is 2.70 bits per heavy atom. The van der Waals surface area contributed by atoms with E-state index in [0.717, 1.165) is 10.4 Å². The fraction of sp³-hybridized carbons (Fsp3) is 0.143. The Balaban J connectivity index is 1.59. The van der Waals surface area contributed by atoms with Crippen molar-refractivity contribution in [2.75, 3.05) is 12.4 Å². The van der Waals surface area contributed by atoms with Crippen molar-refractivity contribution in [3.8, 4) is 11.5 Å². The fourth-order valence-electron chi connectivity index (χ4n) is 2.55. The monoisotopic (exact) mass is 450 g/mol. The van der Waals surface area contributed by atoms with Gasteiger partial charge in [-0.2, -0.15) is 8.78 Å². The number of amides is 1. The van der Waals surface area contributed by atoms with Crippen molar-refractivity contribution < 1.29 is 23.0 Å². The third-order valence-electron chi connectivity index (χ3n) is 3.91. The average molecular weight is 451 g/mol. The first-order chi connectivity index (χ1) is 14.4. The summed E-state index contributed by atoms with van der Waals surface area (Å²) in [5, 5.41) is 3.85. The molecule has 5 nitrogen and oxygen atoms in total. The Kier molecular flexibility index (Phi) is 7.37. The van der Waals surface area contributed by atoms with E-state index in [2.05, 4.69) is 15.0 Å². The van der Waals surface area contributed by atoms with Gasteiger partial charge in [-0.25, -0.2) is 4.98 Å². The number of hydrogen-bond donors (Lipinski definition) is 1. The molecule has 1 aromatic heterocycles. The van der Waals surface area contributed by atoms with Gasteiger partial charge in [-0.15, -0.1) is 11.3 Å². The minimum atomic E-state index is -2.95. The largest absolute Gasteiger partial charge is 0.493 e. The fourth-order valence-corrected chi connectivity index (χ4v) is 3.53. The molecular formula is C21H17ClF2N2O3S. The summed E-state index contributed by atoms with van der Waals surface area (Å²) in [7, 11) is 1.35. The molecule has 0 atom stereocenters. The number of alkyl halides is 2. The number of halogens is 3. The van der Waals surface area contributed by atoms with Crippen LogP contribution in [-0.4, -0.2) is 24.6 Å². The Hall–Kier alpha value is -2.97. The third-order valence-corrected chi connectivity index (χ3v) is 5.07. The van der Waals surface area contributed by atoms with Crippen LogP contribution in [0.15, 0.2) is 54.7 Å². The van der Waals surface area contributed by atoms with Crippen molar-refractivity contribution in [2.24, 2.45) is 0 Å². The van der Waals surface area contributed by atoms with Crippen LogP contribution < -0.4 is 14.8 Å². The molecule has 0 saturated heterocycles. The van der Waals surface area contributed by atoms with E-state index >= 15 is 0 Å². The molecule has 1 N–H and O–H groups in total. The number of aromatic nitrogens is 1. The van der Waals surface area contributed by atoms with Gasteiger partial charge in [-0.3, -0.25) is 10.1 Å². The number of benzene rings is 2. The van der Waals surface area contributed by atoms with E-state index in [1.807, 2.05) is 24.3 Å². The number of nitrogens with one attached hydrogen (secondary N) is 1. The molecule has 0 bridgehead atoms. The zero-order valence-corrected chi connectivity index (χ0v) is 17.3. The quantitative estimate of drug-likeness (QED) is 0.450. The second kappa shape index (κ2) is 10.2. The summed E-state index contributed by atoms with van der Waals surface area (Å²) < 4.78 is 34.2. The lowest BCUT2D eigenvalue weighted by molar-refractivity contribution is -0.111. The van der Waals surface area contributed by atoms with Gasteiger partial charge in [0.1, 0.15) is 0 Å². The number of rotatable bonds is 8. The maximum atomic E-state index is 12.4. The van der Waals surface area contributed by atoms with Crippen molar-refractivity contribution in [1.29, 1.82) is 0 Å². The number of thiazole rings is 1. The molecule has 1 heterocycles. The van der Waals surface area contributed by atoms with E-state index in [0.29, 0.717) is 22.1 Å². The number of carbonyl (C=O) groups is 1.